The molecular weight excluding hydrogens is 382 g/mol. The summed E-state index contributed by atoms with van der Waals surface area (Å²) in [5, 5.41) is 0. The zero-order valence-corrected chi connectivity index (χ0v) is 14.5. The van der Waals surface area contributed by atoms with E-state index >= 15 is 0 Å². The fraction of sp³-hybridized carbons (Fsp3) is 0.471. The largest absolute Gasteiger partial charge is 0.470 e. The molecule has 0 bridgehead atoms. The van der Waals surface area contributed by atoms with Gasteiger partial charge in [-0.05, 0) is 26.0 Å². The van der Waals surface area contributed by atoms with Crippen molar-refractivity contribution in [2.24, 2.45) is 5.92 Å². The number of ether oxygens (including phenoxy) is 3. The Labute approximate surface area is 150 Å². The van der Waals surface area contributed by atoms with Crippen LogP contribution in [0.5, 0.6) is 5.75 Å². The van der Waals surface area contributed by atoms with E-state index in [-0.39, 0.29) is 17.7 Å². The van der Waals surface area contributed by atoms with Gasteiger partial charge in [0.25, 0.3) is 0 Å². The monoisotopic (exact) mass is 398 g/mol. The van der Waals surface area contributed by atoms with E-state index in [0.717, 1.165) is 26.0 Å². The van der Waals surface area contributed by atoms with Crippen LogP contribution in [0.1, 0.15) is 26.3 Å². The average Bonchev–Trinajstić information content (AvgIpc) is 2.80. The third-order valence-corrected chi connectivity index (χ3v) is 4.29. The smallest absolute Gasteiger partial charge is 0.428 e. The minimum absolute atomic E-state index is 0.153. The number of hydrogen-bond donors (Lipinski definition) is 0. The van der Waals surface area contributed by atoms with Crippen molar-refractivity contribution in [2.75, 3.05) is 6.61 Å². The van der Waals surface area contributed by atoms with Crippen LogP contribution < -0.4 is 4.74 Å². The molecule has 150 valence electrons. The van der Waals surface area contributed by atoms with Crippen LogP contribution >= 0.6 is 0 Å². The van der Waals surface area contributed by atoms with Crippen molar-refractivity contribution in [3.8, 4) is 5.75 Å². The molecule has 0 radical (unpaired) electrons. The molecule has 10 heteroatoms. The van der Waals surface area contributed by atoms with E-state index in [0.29, 0.717) is 6.07 Å². The van der Waals surface area contributed by atoms with Crippen LogP contribution in [0.4, 0.5) is 26.3 Å². The highest BCUT2D eigenvalue weighted by atomic mass is 19.4. The molecule has 0 N–H and O–H groups in total. The van der Waals surface area contributed by atoms with E-state index in [2.05, 4.69) is 4.74 Å². The molecule has 4 nitrogen and oxygen atoms in total. The predicted molar refractivity (Wildman–Crippen MR) is 81.3 cm³/mol. The molecule has 2 rings (SSSR count). The Bertz CT molecular complexity index is 758. The second-order valence-electron chi connectivity index (χ2n) is 5.91. The molecule has 0 aromatic heterocycles. The van der Waals surface area contributed by atoms with E-state index < -0.39 is 47.6 Å². The summed E-state index contributed by atoms with van der Waals surface area (Å²) in [6, 6.07) is 2.39. The zero-order chi connectivity index (χ0) is 20.6. The highest BCUT2D eigenvalue weighted by molar-refractivity contribution is 5.98. The number of benzene rings is 1. The second-order valence-corrected chi connectivity index (χ2v) is 5.91. The van der Waals surface area contributed by atoms with Crippen LogP contribution in [-0.4, -0.2) is 31.0 Å². The lowest BCUT2D eigenvalue weighted by molar-refractivity contribution is -0.262. The van der Waals surface area contributed by atoms with Gasteiger partial charge in [-0.15, -0.1) is 0 Å². The van der Waals surface area contributed by atoms with E-state index in [1.807, 2.05) is 0 Å². The minimum Gasteiger partial charge on any atom is -0.470 e. The molecule has 2 atom stereocenters. The van der Waals surface area contributed by atoms with Gasteiger partial charge in [0.1, 0.15) is 11.6 Å². The fourth-order valence-corrected chi connectivity index (χ4v) is 2.75. The third kappa shape index (κ3) is 3.84. The molecule has 27 heavy (non-hydrogen) atoms. The summed E-state index contributed by atoms with van der Waals surface area (Å²) >= 11 is 0. The molecule has 2 unspecified atom stereocenters. The quantitative estimate of drug-likeness (QED) is 0.533. The van der Waals surface area contributed by atoms with Gasteiger partial charge in [0.2, 0.25) is 11.4 Å². The Kier molecular flexibility index (Phi) is 5.67. The molecule has 1 aliphatic rings. The zero-order valence-electron chi connectivity index (χ0n) is 14.5. The summed E-state index contributed by atoms with van der Waals surface area (Å²) < 4.78 is 93.4. The molecule has 0 saturated carbocycles. The van der Waals surface area contributed by atoms with Gasteiger partial charge in [-0.25, -0.2) is 9.18 Å². The highest BCUT2D eigenvalue weighted by Gasteiger charge is 2.63. The molecule has 0 fully saturated rings. The van der Waals surface area contributed by atoms with E-state index in [9.17, 15) is 31.1 Å². The van der Waals surface area contributed by atoms with Crippen molar-refractivity contribution in [2.45, 2.75) is 39.2 Å². The topological polar surface area (TPSA) is 44.8 Å². The number of carbonyl (C=O) groups excluding carboxylic acids is 1. The Balaban J connectivity index is 2.68. The molecule has 0 spiro atoms. The number of hydrogen-bond acceptors (Lipinski definition) is 4. The molecule has 1 aliphatic heterocycles. The lowest BCUT2D eigenvalue weighted by atomic mass is 9.82. The van der Waals surface area contributed by atoms with Crippen LogP contribution in [0.2, 0.25) is 0 Å². The van der Waals surface area contributed by atoms with Crippen LogP contribution in [0, 0.1) is 11.7 Å². The first-order valence-corrected chi connectivity index (χ1v) is 7.84. The standard InChI is InChI=1S/C17H16F6O4/c1-4-25-14(24)13-12(8(2)16(3,27-13)17(21,22)23)10-6-5-9(18)7-11(10)26-15(19)20/h5-8,15H,4H2,1-3H3. The van der Waals surface area contributed by atoms with Gasteiger partial charge >= 0.3 is 18.8 Å². The molecular formula is C17H16F6O4. The average molecular weight is 398 g/mol. The van der Waals surface area contributed by atoms with Crippen molar-refractivity contribution < 1.29 is 45.3 Å². The lowest BCUT2D eigenvalue weighted by Crippen LogP contribution is -2.47. The highest BCUT2D eigenvalue weighted by Crippen LogP contribution is 2.53. The van der Waals surface area contributed by atoms with Gasteiger partial charge in [-0.1, -0.05) is 6.92 Å². The fourth-order valence-electron chi connectivity index (χ4n) is 2.75. The van der Waals surface area contributed by atoms with E-state index in [4.69, 9.17) is 9.47 Å². The van der Waals surface area contributed by atoms with Crippen LogP contribution in [0.25, 0.3) is 5.57 Å². The van der Waals surface area contributed by atoms with Gasteiger partial charge in [0.05, 0.1) is 6.61 Å². The van der Waals surface area contributed by atoms with Gasteiger partial charge in [-0.2, -0.15) is 22.0 Å². The first kappa shape index (κ1) is 20.9. The molecule has 1 heterocycles. The molecule has 0 amide bonds. The maximum Gasteiger partial charge on any atom is 0.428 e. The van der Waals surface area contributed by atoms with Crippen LogP contribution in [0.3, 0.4) is 0 Å². The summed E-state index contributed by atoms with van der Waals surface area (Å²) in [6.07, 6.45) is -4.89. The van der Waals surface area contributed by atoms with Crippen LogP contribution in [-0.2, 0) is 14.3 Å². The Hall–Kier alpha value is -2.39. The number of rotatable bonds is 5. The molecule has 1 aromatic carbocycles. The Morgan fingerprint density at radius 1 is 1.33 bits per heavy atom. The molecule has 0 saturated heterocycles. The second kappa shape index (κ2) is 7.32. The number of carbonyl (C=O) groups is 1. The maximum absolute atomic E-state index is 13.6. The maximum atomic E-state index is 13.6. The van der Waals surface area contributed by atoms with Crippen molar-refractivity contribution >= 4 is 11.5 Å². The number of halogens is 6. The van der Waals surface area contributed by atoms with Gasteiger partial charge in [0, 0.05) is 23.1 Å². The first-order valence-electron chi connectivity index (χ1n) is 7.84. The summed E-state index contributed by atoms with van der Waals surface area (Å²) in [6.45, 7) is -0.238. The van der Waals surface area contributed by atoms with Crippen molar-refractivity contribution in [1.82, 2.24) is 0 Å². The summed E-state index contributed by atoms with van der Waals surface area (Å²) in [5.74, 6) is -5.14. The lowest BCUT2D eigenvalue weighted by Gasteiger charge is -2.32. The Morgan fingerprint density at radius 3 is 2.48 bits per heavy atom. The number of alkyl halides is 5. The van der Waals surface area contributed by atoms with Crippen molar-refractivity contribution in [3.05, 3.63) is 35.3 Å². The van der Waals surface area contributed by atoms with Crippen molar-refractivity contribution in [3.63, 3.8) is 0 Å². The van der Waals surface area contributed by atoms with Crippen LogP contribution in [0.15, 0.2) is 24.0 Å². The van der Waals surface area contributed by atoms with E-state index in [1.54, 1.807) is 0 Å². The third-order valence-electron chi connectivity index (χ3n) is 4.29. The molecule has 1 aromatic rings. The summed E-state index contributed by atoms with van der Waals surface area (Å²) in [4.78, 5) is 12.2. The molecule has 0 aliphatic carbocycles. The first-order chi connectivity index (χ1) is 12.4. The minimum atomic E-state index is -4.89. The number of esters is 1. The predicted octanol–water partition coefficient (Wildman–Crippen LogP) is 4.69. The SMILES string of the molecule is CCOC(=O)C1=C(c2ccc(F)cc2OC(F)F)C(C)C(C)(C(F)(F)F)O1. The van der Waals surface area contributed by atoms with Gasteiger partial charge in [0.15, 0.2) is 0 Å². The Morgan fingerprint density at radius 2 is 1.96 bits per heavy atom. The van der Waals surface area contributed by atoms with Gasteiger partial charge in [-0.3, -0.25) is 0 Å². The van der Waals surface area contributed by atoms with Crippen molar-refractivity contribution in [1.29, 1.82) is 0 Å². The van der Waals surface area contributed by atoms with E-state index in [1.165, 1.54) is 6.92 Å². The summed E-state index contributed by atoms with van der Waals surface area (Å²) in [5.41, 5.74) is -3.50. The normalized spacial score (nSPS) is 22.8. The van der Waals surface area contributed by atoms with Gasteiger partial charge < -0.3 is 14.2 Å². The summed E-state index contributed by atoms with van der Waals surface area (Å²) in [7, 11) is 0.